The smallest absolute Gasteiger partial charge is 0.121 e. The normalized spacial score (nSPS) is 18.7. The minimum atomic E-state index is 0.753. The number of methoxy groups -OCH3 is 1. The first-order chi connectivity index (χ1) is 9.35. The van der Waals surface area contributed by atoms with E-state index in [2.05, 4.69) is 16.6 Å². The first-order valence-corrected chi connectivity index (χ1v) is 6.74. The molecule has 1 saturated heterocycles. The van der Waals surface area contributed by atoms with E-state index < -0.39 is 0 Å². The maximum absolute atomic E-state index is 5.24. The molecule has 4 heteroatoms. The van der Waals surface area contributed by atoms with Gasteiger partial charge >= 0.3 is 0 Å². The van der Waals surface area contributed by atoms with E-state index in [1.807, 2.05) is 35.1 Å². The molecule has 2 aromatic rings. The van der Waals surface area contributed by atoms with Gasteiger partial charge in [-0.15, -0.1) is 0 Å². The number of rotatable bonds is 4. The number of hydrogen-bond acceptors (Lipinski definition) is 3. The van der Waals surface area contributed by atoms with Crippen LogP contribution in [0.4, 0.5) is 0 Å². The Bertz CT molecular complexity index is 544. The summed E-state index contributed by atoms with van der Waals surface area (Å²) in [6, 6.07) is 7.96. The molecule has 4 nitrogen and oxygen atoms in total. The maximum Gasteiger partial charge on any atom is 0.121 e. The molecule has 1 aliphatic heterocycles. The van der Waals surface area contributed by atoms with E-state index in [0.717, 1.165) is 36.9 Å². The Morgan fingerprint density at radius 1 is 1.47 bits per heavy atom. The number of benzene rings is 1. The quantitative estimate of drug-likeness (QED) is 0.911. The fourth-order valence-corrected chi connectivity index (χ4v) is 2.58. The summed E-state index contributed by atoms with van der Waals surface area (Å²) in [5, 5.41) is 7.85. The third-order valence-corrected chi connectivity index (χ3v) is 3.64. The van der Waals surface area contributed by atoms with Crippen LogP contribution in [0.25, 0.3) is 5.69 Å². The van der Waals surface area contributed by atoms with Crippen molar-refractivity contribution in [1.82, 2.24) is 15.1 Å². The summed E-state index contributed by atoms with van der Waals surface area (Å²) >= 11 is 0. The largest absolute Gasteiger partial charge is 0.497 e. The molecule has 100 valence electrons. The van der Waals surface area contributed by atoms with Gasteiger partial charge in [-0.25, -0.2) is 4.68 Å². The van der Waals surface area contributed by atoms with Gasteiger partial charge in [-0.2, -0.15) is 5.10 Å². The number of nitrogens with one attached hydrogen (secondary N) is 1. The molecular weight excluding hydrogens is 238 g/mol. The van der Waals surface area contributed by atoms with Crippen LogP contribution in [0.1, 0.15) is 12.0 Å². The van der Waals surface area contributed by atoms with Crippen molar-refractivity contribution in [2.75, 3.05) is 20.2 Å². The van der Waals surface area contributed by atoms with Gasteiger partial charge in [0.25, 0.3) is 0 Å². The molecule has 1 aromatic heterocycles. The SMILES string of the molecule is COc1cccc(-n2cc(CC3CCNC3)cn2)c1. The Morgan fingerprint density at radius 2 is 2.42 bits per heavy atom. The molecule has 3 rings (SSSR count). The summed E-state index contributed by atoms with van der Waals surface area (Å²) in [4.78, 5) is 0. The van der Waals surface area contributed by atoms with E-state index >= 15 is 0 Å². The minimum absolute atomic E-state index is 0.753. The van der Waals surface area contributed by atoms with E-state index in [0.29, 0.717) is 0 Å². The van der Waals surface area contributed by atoms with E-state index in [4.69, 9.17) is 4.74 Å². The molecule has 1 atom stereocenters. The summed E-state index contributed by atoms with van der Waals surface area (Å²) in [6.07, 6.45) is 6.46. The molecule has 1 N–H and O–H groups in total. The zero-order valence-corrected chi connectivity index (χ0v) is 11.2. The first-order valence-electron chi connectivity index (χ1n) is 6.74. The van der Waals surface area contributed by atoms with Crippen LogP contribution in [-0.4, -0.2) is 30.0 Å². The van der Waals surface area contributed by atoms with Crippen molar-refractivity contribution in [2.45, 2.75) is 12.8 Å². The first kappa shape index (κ1) is 12.2. The molecular formula is C15H19N3O. The fraction of sp³-hybridized carbons (Fsp3) is 0.400. The molecule has 0 saturated carbocycles. The third-order valence-electron chi connectivity index (χ3n) is 3.64. The number of nitrogens with zero attached hydrogens (tertiary/aromatic N) is 2. The van der Waals surface area contributed by atoms with Crippen LogP contribution < -0.4 is 10.1 Å². The number of ether oxygens (including phenoxy) is 1. The monoisotopic (exact) mass is 257 g/mol. The molecule has 0 bridgehead atoms. The van der Waals surface area contributed by atoms with Gasteiger partial charge < -0.3 is 10.1 Å². The second kappa shape index (κ2) is 5.45. The molecule has 0 aliphatic carbocycles. The Hall–Kier alpha value is -1.81. The van der Waals surface area contributed by atoms with Gasteiger partial charge in [0.2, 0.25) is 0 Å². The van der Waals surface area contributed by atoms with Crippen LogP contribution >= 0.6 is 0 Å². The molecule has 1 fully saturated rings. The molecule has 1 aliphatic rings. The maximum atomic E-state index is 5.24. The lowest BCUT2D eigenvalue weighted by molar-refractivity contribution is 0.414. The van der Waals surface area contributed by atoms with Crippen molar-refractivity contribution in [3.05, 3.63) is 42.2 Å². The average Bonchev–Trinajstić information content (AvgIpc) is 3.11. The van der Waals surface area contributed by atoms with Gasteiger partial charge in [0.05, 0.1) is 19.0 Å². The molecule has 0 amide bonds. The molecule has 0 radical (unpaired) electrons. The Labute approximate surface area is 113 Å². The standard InChI is InChI=1S/C15H19N3O/c1-19-15-4-2-3-14(8-15)18-11-13(10-17-18)7-12-5-6-16-9-12/h2-4,8,10-12,16H,5-7,9H2,1H3. The summed E-state index contributed by atoms with van der Waals surface area (Å²) < 4.78 is 7.16. The van der Waals surface area contributed by atoms with Gasteiger partial charge in [0.1, 0.15) is 5.75 Å². The van der Waals surface area contributed by atoms with Crippen LogP contribution in [0.15, 0.2) is 36.7 Å². The van der Waals surface area contributed by atoms with Crippen LogP contribution in [-0.2, 0) is 6.42 Å². The van der Waals surface area contributed by atoms with Gasteiger partial charge in [0, 0.05) is 12.3 Å². The van der Waals surface area contributed by atoms with Crippen LogP contribution in [0.5, 0.6) is 5.75 Å². The van der Waals surface area contributed by atoms with Crippen molar-refractivity contribution in [2.24, 2.45) is 5.92 Å². The summed E-state index contributed by atoms with van der Waals surface area (Å²) in [6.45, 7) is 2.28. The van der Waals surface area contributed by atoms with Crippen molar-refractivity contribution in [1.29, 1.82) is 0 Å². The van der Waals surface area contributed by atoms with Gasteiger partial charge in [-0.3, -0.25) is 0 Å². The molecule has 2 heterocycles. The van der Waals surface area contributed by atoms with Crippen molar-refractivity contribution < 1.29 is 4.74 Å². The zero-order chi connectivity index (χ0) is 13.1. The highest BCUT2D eigenvalue weighted by molar-refractivity contribution is 5.38. The number of aromatic nitrogens is 2. The van der Waals surface area contributed by atoms with Crippen LogP contribution in [0.2, 0.25) is 0 Å². The second-order valence-corrected chi connectivity index (χ2v) is 5.06. The predicted molar refractivity (Wildman–Crippen MR) is 74.8 cm³/mol. The Morgan fingerprint density at radius 3 is 3.21 bits per heavy atom. The second-order valence-electron chi connectivity index (χ2n) is 5.06. The molecule has 1 unspecified atom stereocenters. The fourth-order valence-electron chi connectivity index (χ4n) is 2.58. The van der Waals surface area contributed by atoms with Crippen LogP contribution in [0, 0.1) is 5.92 Å². The van der Waals surface area contributed by atoms with Crippen molar-refractivity contribution >= 4 is 0 Å². The van der Waals surface area contributed by atoms with Crippen molar-refractivity contribution in [3.63, 3.8) is 0 Å². The summed E-state index contributed by atoms with van der Waals surface area (Å²) in [7, 11) is 1.68. The summed E-state index contributed by atoms with van der Waals surface area (Å²) in [5.41, 5.74) is 2.34. The Kier molecular flexibility index (Phi) is 3.51. The number of hydrogen-bond donors (Lipinski definition) is 1. The predicted octanol–water partition coefficient (Wildman–Crippen LogP) is 2.03. The topological polar surface area (TPSA) is 39.1 Å². The molecule has 1 aromatic carbocycles. The Balaban J connectivity index is 1.76. The van der Waals surface area contributed by atoms with Gasteiger partial charge in [-0.1, -0.05) is 6.07 Å². The van der Waals surface area contributed by atoms with Crippen LogP contribution in [0.3, 0.4) is 0 Å². The van der Waals surface area contributed by atoms with E-state index in [9.17, 15) is 0 Å². The highest BCUT2D eigenvalue weighted by Crippen LogP contribution is 2.18. The van der Waals surface area contributed by atoms with E-state index in [1.54, 1.807) is 7.11 Å². The van der Waals surface area contributed by atoms with Gasteiger partial charge in [0.15, 0.2) is 0 Å². The summed E-state index contributed by atoms with van der Waals surface area (Å²) in [5.74, 6) is 1.61. The van der Waals surface area contributed by atoms with Crippen molar-refractivity contribution in [3.8, 4) is 11.4 Å². The highest BCUT2D eigenvalue weighted by Gasteiger charge is 2.15. The van der Waals surface area contributed by atoms with E-state index in [1.165, 1.54) is 12.0 Å². The minimum Gasteiger partial charge on any atom is -0.497 e. The van der Waals surface area contributed by atoms with Gasteiger partial charge in [-0.05, 0) is 49.5 Å². The molecule has 0 spiro atoms. The highest BCUT2D eigenvalue weighted by atomic mass is 16.5. The lowest BCUT2D eigenvalue weighted by Gasteiger charge is -2.05. The third kappa shape index (κ3) is 2.79. The lowest BCUT2D eigenvalue weighted by Crippen LogP contribution is -2.10. The zero-order valence-electron chi connectivity index (χ0n) is 11.2. The molecule has 19 heavy (non-hydrogen) atoms. The average molecular weight is 257 g/mol. The lowest BCUT2D eigenvalue weighted by atomic mass is 10.0. The van der Waals surface area contributed by atoms with E-state index in [-0.39, 0.29) is 0 Å².